The fourth-order valence-corrected chi connectivity index (χ4v) is 3.09. The molecule has 0 fully saturated rings. The zero-order valence-corrected chi connectivity index (χ0v) is 16.3. The minimum absolute atomic E-state index is 0.0974. The van der Waals surface area contributed by atoms with Gasteiger partial charge in [0.05, 0.1) is 6.61 Å². The minimum Gasteiger partial charge on any atom is -0.494 e. The Hall–Kier alpha value is -3.12. The summed E-state index contributed by atoms with van der Waals surface area (Å²) in [5, 5.41) is 11.7. The van der Waals surface area contributed by atoms with Crippen LogP contribution < -0.4 is 10.1 Å². The summed E-state index contributed by atoms with van der Waals surface area (Å²) >= 11 is 0. The van der Waals surface area contributed by atoms with E-state index in [0.717, 1.165) is 11.1 Å². The molecule has 0 aromatic heterocycles. The fraction of sp³-hybridized carbons (Fsp3) is 0.304. The summed E-state index contributed by atoms with van der Waals surface area (Å²) in [7, 11) is 0. The second kappa shape index (κ2) is 9.89. The molecule has 6 nitrogen and oxygen atoms in total. The molecule has 0 saturated carbocycles. The van der Waals surface area contributed by atoms with Crippen molar-refractivity contribution in [3.05, 3.63) is 78.4 Å². The molecule has 2 aromatic rings. The normalized spacial score (nSPS) is 17.9. The third kappa shape index (κ3) is 5.23. The molecular weight excluding hydrogens is 368 g/mol. The molecular formula is C23H26N2O4. The Labute approximate surface area is 170 Å². The Morgan fingerprint density at radius 2 is 2.00 bits per heavy atom. The van der Waals surface area contributed by atoms with Gasteiger partial charge in [0.2, 0.25) is 5.90 Å². The molecule has 152 valence electrons. The molecule has 0 radical (unpaired) electrons. The monoisotopic (exact) mass is 394 g/mol. The van der Waals surface area contributed by atoms with Gasteiger partial charge in [0.1, 0.15) is 12.4 Å². The quantitative estimate of drug-likeness (QED) is 0.479. The van der Waals surface area contributed by atoms with Crippen molar-refractivity contribution in [1.82, 2.24) is 5.32 Å². The maximum atomic E-state index is 12.9. The van der Waals surface area contributed by atoms with E-state index in [1.807, 2.05) is 54.6 Å². The molecule has 1 amide bonds. The number of hydrogen-bond acceptors (Lipinski definition) is 5. The van der Waals surface area contributed by atoms with E-state index in [9.17, 15) is 4.79 Å². The largest absolute Gasteiger partial charge is 0.494 e. The van der Waals surface area contributed by atoms with Crippen LogP contribution in [0.5, 0.6) is 5.75 Å². The zero-order chi connectivity index (χ0) is 20.5. The van der Waals surface area contributed by atoms with Gasteiger partial charge in [0.15, 0.2) is 5.54 Å². The van der Waals surface area contributed by atoms with E-state index in [-0.39, 0.29) is 19.1 Å². The third-order valence-electron chi connectivity index (χ3n) is 4.60. The van der Waals surface area contributed by atoms with Gasteiger partial charge in [0.25, 0.3) is 5.91 Å². The number of benzene rings is 2. The third-order valence-corrected chi connectivity index (χ3v) is 4.60. The molecule has 2 aromatic carbocycles. The lowest BCUT2D eigenvalue weighted by Gasteiger charge is -2.22. The van der Waals surface area contributed by atoms with Crippen molar-refractivity contribution in [2.75, 3.05) is 26.4 Å². The highest BCUT2D eigenvalue weighted by molar-refractivity contribution is 6.00. The number of ether oxygens (including phenoxy) is 2. The van der Waals surface area contributed by atoms with Gasteiger partial charge >= 0.3 is 0 Å². The molecule has 1 aliphatic heterocycles. The number of amides is 1. The van der Waals surface area contributed by atoms with Crippen molar-refractivity contribution >= 4 is 11.8 Å². The van der Waals surface area contributed by atoms with E-state index in [2.05, 4.69) is 11.9 Å². The van der Waals surface area contributed by atoms with Gasteiger partial charge in [-0.3, -0.25) is 4.79 Å². The average Bonchev–Trinajstić information content (AvgIpc) is 3.18. The van der Waals surface area contributed by atoms with Crippen LogP contribution in [0.3, 0.4) is 0 Å². The van der Waals surface area contributed by atoms with Crippen LogP contribution in [0.4, 0.5) is 0 Å². The molecule has 0 bridgehead atoms. The first-order valence-corrected chi connectivity index (χ1v) is 9.67. The molecule has 1 aliphatic rings. The Bertz CT molecular complexity index is 849. The summed E-state index contributed by atoms with van der Waals surface area (Å²) in [5.41, 5.74) is 0.782. The Morgan fingerprint density at radius 3 is 2.69 bits per heavy atom. The molecule has 0 aliphatic carbocycles. The number of carbonyl (C=O) groups excluding carboxylic acids is 1. The topological polar surface area (TPSA) is 80.2 Å². The van der Waals surface area contributed by atoms with Gasteiger partial charge in [0, 0.05) is 31.6 Å². The number of nitrogens with one attached hydrogen (secondary N) is 1. The van der Waals surface area contributed by atoms with Gasteiger partial charge in [-0.25, -0.2) is 4.99 Å². The van der Waals surface area contributed by atoms with Crippen LogP contribution in [0.25, 0.3) is 0 Å². The summed E-state index contributed by atoms with van der Waals surface area (Å²) in [6, 6.07) is 17.2. The average molecular weight is 394 g/mol. The molecule has 29 heavy (non-hydrogen) atoms. The van der Waals surface area contributed by atoms with E-state index in [4.69, 9.17) is 19.6 Å². The maximum absolute atomic E-state index is 12.9. The van der Waals surface area contributed by atoms with Gasteiger partial charge in [-0.05, 0) is 29.8 Å². The lowest BCUT2D eigenvalue weighted by molar-refractivity contribution is -0.126. The smallest absolute Gasteiger partial charge is 0.252 e. The fourth-order valence-electron chi connectivity index (χ4n) is 3.09. The predicted molar refractivity (Wildman–Crippen MR) is 112 cm³/mol. The van der Waals surface area contributed by atoms with Gasteiger partial charge in [-0.2, -0.15) is 0 Å². The van der Waals surface area contributed by atoms with Crippen LogP contribution in [0.1, 0.15) is 17.5 Å². The number of aliphatic hydroxyl groups excluding tert-OH is 1. The summed E-state index contributed by atoms with van der Waals surface area (Å²) in [6.07, 6.45) is 2.67. The Kier molecular flexibility index (Phi) is 7.03. The number of carbonyl (C=O) groups is 1. The van der Waals surface area contributed by atoms with Gasteiger partial charge in [-0.15, -0.1) is 6.58 Å². The molecule has 1 atom stereocenters. The molecule has 6 heteroatoms. The van der Waals surface area contributed by atoms with Crippen LogP contribution in [0.15, 0.2) is 72.2 Å². The summed E-state index contributed by atoms with van der Waals surface area (Å²) in [5.74, 6) is 0.969. The van der Waals surface area contributed by atoms with Crippen molar-refractivity contribution in [3.8, 4) is 5.75 Å². The van der Waals surface area contributed by atoms with Crippen LogP contribution in [-0.4, -0.2) is 48.8 Å². The number of aliphatic hydroxyl groups is 1. The number of hydrogen-bond donors (Lipinski definition) is 2. The molecule has 0 saturated heterocycles. The van der Waals surface area contributed by atoms with Crippen molar-refractivity contribution in [1.29, 1.82) is 0 Å². The molecule has 0 spiro atoms. The van der Waals surface area contributed by atoms with E-state index < -0.39 is 5.54 Å². The lowest BCUT2D eigenvalue weighted by Crippen LogP contribution is -2.48. The molecule has 3 rings (SSSR count). The highest BCUT2D eigenvalue weighted by Crippen LogP contribution is 2.27. The van der Waals surface area contributed by atoms with Crippen LogP contribution in [0, 0.1) is 0 Å². The summed E-state index contributed by atoms with van der Waals surface area (Å²) < 4.78 is 11.4. The SMILES string of the molecule is C=CCNC(=O)[C@@]1(Cc2ccccc2)COC(c2ccc(OCCCO)cc2)=N1. The standard InChI is InChI=1S/C23H26N2O4/c1-2-13-24-22(27)23(16-18-7-4-3-5-8-18)17-29-21(25-23)19-9-11-20(12-10-19)28-15-6-14-26/h2-5,7-12,26H,1,6,13-17H2,(H,24,27)/t23-/m1/s1. The van der Waals surface area contributed by atoms with E-state index in [1.54, 1.807) is 6.08 Å². The van der Waals surface area contributed by atoms with E-state index >= 15 is 0 Å². The minimum atomic E-state index is -1.02. The molecule has 2 N–H and O–H groups in total. The van der Waals surface area contributed by atoms with Crippen LogP contribution >= 0.6 is 0 Å². The first-order valence-electron chi connectivity index (χ1n) is 9.67. The highest BCUT2D eigenvalue weighted by Gasteiger charge is 2.44. The predicted octanol–water partition coefficient (Wildman–Crippen LogP) is 2.51. The zero-order valence-electron chi connectivity index (χ0n) is 16.3. The van der Waals surface area contributed by atoms with Crippen LogP contribution in [0.2, 0.25) is 0 Å². The van der Waals surface area contributed by atoms with Gasteiger partial charge in [-0.1, -0.05) is 36.4 Å². The first kappa shape index (κ1) is 20.6. The van der Waals surface area contributed by atoms with Crippen LogP contribution in [-0.2, 0) is 16.0 Å². The van der Waals surface area contributed by atoms with Gasteiger partial charge < -0.3 is 19.9 Å². The molecule has 0 unspecified atom stereocenters. The second-order valence-corrected chi connectivity index (χ2v) is 6.85. The number of rotatable bonds is 10. The molecule has 1 heterocycles. The summed E-state index contributed by atoms with van der Waals surface area (Å²) in [4.78, 5) is 17.6. The Balaban J connectivity index is 1.81. The number of nitrogens with zero attached hydrogens (tertiary/aromatic N) is 1. The second-order valence-electron chi connectivity index (χ2n) is 6.85. The first-order chi connectivity index (χ1) is 14.2. The Morgan fingerprint density at radius 1 is 1.24 bits per heavy atom. The van der Waals surface area contributed by atoms with Crippen molar-refractivity contribution < 1.29 is 19.4 Å². The maximum Gasteiger partial charge on any atom is 0.252 e. The number of aliphatic imine (C=N–C) groups is 1. The van der Waals surface area contributed by atoms with Crippen molar-refractivity contribution in [2.45, 2.75) is 18.4 Å². The van der Waals surface area contributed by atoms with Crippen molar-refractivity contribution in [2.24, 2.45) is 4.99 Å². The van der Waals surface area contributed by atoms with Crippen molar-refractivity contribution in [3.63, 3.8) is 0 Å². The highest BCUT2D eigenvalue weighted by atomic mass is 16.5. The van der Waals surface area contributed by atoms with E-state index in [0.29, 0.717) is 37.6 Å². The van der Waals surface area contributed by atoms with E-state index in [1.165, 1.54) is 0 Å². The summed E-state index contributed by atoms with van der Waals surface area (Å²) in [6.45, 7) is 4.76. The lowest BCUT2D eigenvalue weighted by atomic mass is 9.91.